The number of nitrogens with zero attached hydrogens (tertiary/aromatic N) is 2. The van der Waals surface area contributed by atoms with Crippen molar-refractivity contribution in [1.29, 1.82) is 0 Å². The number of hydrogen-bond donors (Lipinski definition) is 1. The van der Waals surface area contributed by atoms with Gasteiger partial charge in [0.2, 0.25) is 5.91 Å². The smallest absolute Gasteiger partial charge is 0.223 e. The predicted octanol–water partition coefficient (Wildman–Crippen LogP) is 4.48. The highest BCUT2D eigenvalue weighted by Crippen LogP contribution is 2.39. The quantitative estimate of drug-likeness (QED) is 0.770. The molecule has 1 aromatic carbocycles. The molecule has 0 fully saturated rings. The minimum atomic E-state index is -0.146. The standard InChI is InChI=1S/C16H12ClN3OS/c1-10(21)19-16-20-14(12-3-2-4-13(17)9-12)15(22-16)11-5-7-18-8-6-11/h2-9H,1H3,(H,19,20,21). The van der Waals surface area contributed by atoms with Crippen LogP contribution in [-0.4, -0.2) is 15.9 Å². The molecule has 0 aliphatic carbocycles. The summed E-state index contributed by atoms with van der Waals surface area (Å²) < 4.78 is 0. The number of carbonyl (C=O) groups excluding carboxylic acids is 1. The number of amides is 1. The van der Waals surface area contributed by atoms with Gasteiger partial charge in [-0.15, -0.1) is 0 Å². The first-order chi connectivity index (χ1) is 10.6. The molecule has 0 atom stereocenters. The molecule has 2 heterocycles. The second-order valence-electron chi connectivity index (χ2n) is 4.62. The van der Waals surface area contributed by atoms with Crippen molar-refractivity contribution in [2.24, 2.45) is 0 Å². The SMILES string of the molecule is CC(=O)Nc1nc(-c2cccc(Cl)c2)c(-c2ccncc2)s1. The van der Waals surface area contributed by atoms with Gasteiger partial charge in [-0.3, -0.25) is 9.78 Å². The molecule has 2 aromatic heterocycles. The minimum absolute atomic E-state index is 0.146. The average Bonchev–Trinajstić information content (AvgIpc) is 2.91. The Kier molecular flexibility index (Phi) is 4.18. The summed E-state index contributed by atoms with van der Waals surface area (Å²) in [6, 6.07) is 11.3. The Labute approximate surface area is 136 Å². The molecule has 0 saturated heterocycles. The zero-order valence-electron chi connectivity index (χ0n) is 11.7. The van der Waals surface area contributed by atoms with Gasteiger partial charge in [-0.2, -0.15) is 0 Å². The van der Waals surface area contributed by atoms with Gasteiger partial charge < -0.3 is 5.32 Å². The van der Waals surface area contributed by atoms with Crippen LogP contribution in [0.5, 0.6) is 0 Å². The summed E-state index contributed by atoms with van der Waals surface area (Å²) in [5.74, 6) is -0.146. The number of halogens is 1. The second-order valence-corrected chi connectivity index (χ2v) is 6.06. The maximum absolute atomic E-state index is 11.3. The van der Waals surface area contributed by atoms with E-state index in [1.807, 2.05) is 36.4 Å². The molecule has 1 N–H and O–H groups in total. The molecule has 1 amide bonds. The van der Waals surface area contributed by atoms with Crippen molar-refractivity contribution in [3.8, 4) is 21.7 Å². The molecule has 3 aromatic rings. The molecule has 0 aliphatic rings. The van der Waals surface area contributed by atoms with Crippen molar-refractivity contribution in [3.63, 3.8) is 0 Å². The van der Waals surface area contributed by atoms with E-state index in [0.717, 1.165) is 21.7 Å². The fourth-order valence-corrected chi connectivity index (χ4v) is 3.28. The van der Waals surface area contributed by atoms with Crippen LogP contribution in [0.15, 0.2) is 48.8 Å². The van der Waals surface area contributed by atoms with E-state index in [-0.39, 0.29) is 5.91 Å². The molecule has 22 heavy (non-hydrogen) atoms. The molecule has 3 rings (SSSR count). The minimum Gasteiger partial charge on any atom is -0.302 e. The van der Waals surface area contributed by atoms with Gasteiger partial charge in [0.25, 0.3) is 0 Å². The molecule has 0 bridgehead atoms. The first-order valence-corrected chi connectivity index (χ1v) is 7.77. The number of aromatic nitrogens is 2. The van der Waals surface area contributed by atoms with E-state index in [4.69, 9.17) is 11.6 Å². The van der Waals surface area contributed by atoms with Crippen LogP contribution in [0.2, 0.25) is 5.02 Å². The summed E-state index contributed by atoms with van der Waals surface area (Å²) in [7, 11) is 0. The molecular weight excluding hydrogens is 318 g/mol. The third kappa shape index (κ3) is 3.16. The van der Waals surface area contributed by atoms with Crippen LogP contribution in [0.4, 0.5) is 5.13 Å². The molecule has 6 heteroatoms. The largest absolute Gasteiger partial charge is 0.302 e. The number of nitrogens with one attached hydrogen (secondary N) is 1. The zero-order chi connectivity index (χ0) is 15.5. The van der Waals surface area contributed by atoms with E-state index in [0.29, 0.717) is 10.2 Å². The van der Waals surface area contributed by atoms with Gasteiger partial charge in [0.1, 0.15) is 0 Å². The normalized spacial score (nSPS) is 10.5. The number of benzene rings is 1. The summed E-state index contributed by atoms with van der Waals surface area (Å²) in [6.45, 7) is 1.46. The van der Waals surface area contributed by atoms with Gasteiger partial charge in [-0.25, -0.2) is 4.98 Å². The number of thiazole rings is 1. The van der Waals surface area contributed by atoms with E-state index in [1.165, 1.54) is 18.3 Å². The zero-order valence-corrected chi connectivity index (χ0v) is 13.3. The lowest BCUT2D eigenvalue weighted by Crippen LogP contribution is -2.04. The molecule has 0 radical (unpaired) electrons. The number of pyridine rings is 1. The number of rotatable bonds is 3. The number of anilines is 1. The van der Waals surface area contributed by atoms with E-state index < -0.39 is 0 Å². The molecular formula is C16H12ClN3OS. The van der Waals surface area contributed by atoms with Crippen molar-refractivity contribution < 1.29 is 4.79 Å². The van der Waals surface area contributed by atoms with Crippen LogP contribution < -0.4 is 5.32 Å². The van der Waals surface area contributed by atoms with Gasteiger partial charge in [-0.05, 0) is 29.8 Å². The van der Waals surface area contributed by atoms with Crippen LogP contribution >= 0.6 is 22.9 Å². The first kappa shape index (κ1) is 14.7. The van der Waals surface area contributed by atoms with Crippen molar-refractivity contribution in [2.75, 3.05) is 5.32 Å². The van der Waals surface area contributed by atoms with Crippen molar-refractivity contribution in [2.45, 2.75) is 6.92 Å². The molecule has 0 unspecified atom stereocenters. The highest BCUT2D eigenvalue weighted by atomic mass is 35.5. The molecule has 4 nitrogen and oxygen atoms in total. The maximum atomic E-state index is 11.3. The highest BCUT2D eigenvalue weighted by Gasteiger charge is 2.15. The second kappa shape index (κ2) is 6.25. The third-order valence-electron chi connectivity index (χ3n) is 2.95. The van der Waals surface area contributed by atoms with Crippen LogP contribution in [0.1, 0.15) is 6.92 Å². The van der Waals surface area contributed by atoms with Crippen LogP contribution in [0.25, 0.3) is 21.7 Å². The predicted molar refractivity (Wildman–Crippen MR) is 90.1 cm³/mol. The van der Waals surface area contributed by atoms with E-state index in [9.17, 15) is 4.79 Å². The lowest BCUT2D eigenvalue weighted by atomic mass is 10.1. The highest BCUT2D eigenvalue weighted by molar-refractivity contribution is 7.19. The fourth-order valence-electron chi connectivity index (χ4n) is 2.05. The first-order valence-electron chi connectivity index (χ1n) is 6.58. The molecule has 0 saturated carbocycles. The Morgan fingerprint density at radius 2 is 1.95 bits per heavy atom. The number of carbonyl (C=O) groups is 1. The molecule has 110 valence electrons. The lowest BCUT2D eigenvalue weighted by molar-refractivity contribution is -0.114. The Balaban J connectivity index is 2.15. The van der Waals surface area contributed by atoms with Crippen molar-refractivity contribution in [1.82, 2.24) is 9.97 Å². The van der Waals surface area contributed by atoms with Crippen LogP contribution in [0.3, 0.4) is 0 Å². The summed E-state index contributed by atoms with van der Waals surface area (Å²) in [5.41, 5.74) is 2.70. The maximum Gasteiger partial charge on any atom is 0.223 e. The van der Waals surface area contributed by atoms with E-state index in [1.54, 1.807) is 12.4 Å². The van der Waals surface area contributed by atoms with Crippen LogP contribution in [-0.2, 0) is 4.79 Å². The summed E-state index contributed by atoms with van der Waals surface area (Å²) >= 11 is 7.51. The monoisotopic (exact) mass is 329 g/mol. The van der Waals surface area contributed by atoms with Gasteiger partial charge in [0.05, 0.1) is 10.6 Å². The van der Waals surface area contributed by atoms with Gasteiger partial charge >= 0.3 is 0 Å². The average molecular weight is 330 g/mol. The summed E-state index contributed by atoms with van der Waals surface area (Å²) in [6.07, 6.45) is 3.46. The van der Waals surface area contributed by atoms with Gasteiger partial charge in [0, 0.05) is 29.9 Å². The number of hydrogen-bond acceptors (Lipinski definition) is 4. The van der Waals surface area contributed by atoms with E-state index in [2.05, 4.69) is 15.3 Å². The van der Waals surface area contributed by atoms with Crippen LogP contribution in [0, 0.1) is 0 Å². The molecule has 0 aliphatic heterocycles. The summed E-state index contributed by atoms with van der Waals surface area (Å²) in [4.78, 5) is 20.8. The van der Waals surface area contributed by atoms with Crippen molar-refractivity contribution >= 4 is 34.0 Å². The fraction of sp³-hybridized carbons (Fsp3) is 0.0625. The lowest BCUT2D eigenvalue weighted by Gasteiger charge is -2.02. The van der Waals surface area contributed by atoms with Gasteiger partial charge in [0.15, 0.2) is 5.13 Å². The van der Waals surface area contributed by atoms with Crippen molar-refractivity contribution in [3.05, 3.63) is 53.8 Å². The Hall–Kier alpha value is -2.24. The summed E-state index contributed by atoms with van der Waals surface area (Å²) in [5, 5.41) is 3.95. The molecule has 0 spiro atoms. The van der Waals surface area contributed by atoms with Gasteiger partial charge in [-0.1, -0.05) is 35.1 Å². The third-order valence-corrected chi connectivity index (χ3v) is 4.21. The topological polar surface area (TPSA) is 54.9 Å². The van der Waals surface area contributed by atoms with E-state index >= 15 is 0 Å². The Morgan fingerprint density at radius 3 is 2.64 bits per heavy atom. The Morgan fingerprint density at radius 1 is 1.18 bits per heavy atom. The Bertz CT molecular complexity index is 817.